The van der Waals surface area contributed by atoms with Gasteiger partial charge in [0.15, 0.2) is 0 Å². The Labute approximate surface area is 116 Å². The number of furan rings is 1. The molecular formula is C15H16N3O2+. The van der Waals surface area contributed by atoms with Crippen LogP contribution in [0.3, 0.4) is 0 Å². The van der Waals surface area contributed by atoms with Crippen molar-refractivity contribution < 1.29 is 14.5 Å². The molecule has 0 amide bonds. The molecule has 0 spiro atoms. The zero-order chi connectivity index (χ0) is 13.4. The summed E-state index contributed by atoms with van der Waals surface area (Å²) < 4.78 is 11.5. The van der Waals surface area contributed by atoms with Crippen molar-refractivity contribution in [1.82, 2.24) is 9.97 Å². The van der Waals surface area contributed by atoms with Gasteiger partial charge in [-0.2, -0.15) is 4.98 Å². The summed E-state index contributed by atoms with van der Waals surface area (Å²) in [4.78, 5) is 8.70. The summed E-state index contributed by atoms with van der Waals surface area (Å²) in [6.45, 7) is 1.76. The molecule has 3 aromatic rings. The van der Waals surface area contributed by atoms with Crippen molar-refractivity contribution in [3.8, 4) is 0 Å². The van der Waals surface area contributed by atoms with E-state index >= 15 is 0 Å². The Morgan fingerprint density at radius 1 is 1.25 bits per heavy atom. The van der Waals surface area contributed by atoms with Crippen molar-refractivity contribution in [2.45, 2.75) is 18.9 Å². The molecule has 3 heterocycles. The third-order valence-electron chi connectivity index (χ3n) is 3.78. The second kappa shape index (κ2) is 4.85. The number of nitrogens with two attached hydrogens (primary N) is 1. The Hall–Kier alpha value is -1.98. The Bertz CT molecular complexity index is 747. The number of fused-ring (bicyclic) bond motifs is 3. The lowest BCUT2D eigenvalue weighted by Crippen LogP contribution is -2.81. The van der Waals surface area contributed by atoms with Crippen molar-refractivity contribution in [2.24, 2.45) is 0 Å². The summed E-state index contributed by atoms with van der Waals surface area (Å²) in [6, 6.07) is 7.95. The molecule has 4 rings (SSSR count). The van der Waals surface area contributed by atoms with Gasteiger partial charge in [-0.25, -0.2) is 4.98 Å². The molecule has 1 fully saturated rings. The minimum atomic E-state index is 0.324. The van der Waals surface area contributed by atoms with Crippen LogP contribution >= 0.6 is 0 Å². The highest BCUT2D eigenvalue weighted by Crippen LogP contribution is 2.28. The van der Waals surface area contributed by atoms with Crippen LogP contribution in [-0.2, 0) is 4.74 Å². The highest BCUT2D eigenvalue weighted by atomic mass is 16.5. The SMILES string of the molecule is c1ccc2c(c1)oc1c([NH2+]CC3CCCO3)ncnc12. The fourth-order valence-corrected chi connectivity index (χ4v) is 2.76. The maximum atomic E-state index is 5.90. The third kappa shape index (κ3) is 1.95. The minimum absolute atomic E-state index is 0.324. The van der Waals surface area contributed by atoms with Crippen molar-refractivity contribution in [3.63, 3.8) is 0 Å². The second-order valence-electron chi connectivity index (χ2n) is 5.11. The zero-order valence-electron chi connectivity index (χ0n) is 11.1. The number of quaternary nitrogens is 1. The quantitative estimate of drug-likeness (QED) is 0.787. The van der Waals surface area contributed by atoms with Crippen molar-refractivity contribution in [1.29, 1.82) is 0 Å². The molecule has 0 aliphatic carbocycles. The van der Waals surface area contributed by atoms with Gasteiger partial charge < -0.3 is 9.15 Å². The van der Waals surface area contributed by atoms with Gasteiger partial charge in [-0.3, -0.25) is 5.32 Å². The molecule has 1 saturated heterocycles. The van der Waals surface area contributed by atoms with Gasteiger partial charge in [0.25, 0.3) is 5.82 Å². The lowest BCUT2D eigenvalue weighted by atomic mass is 10.2. The zero-order valence-corrected chi connectivity index (χ0v) is 11.1. The predicted octanol–water partition coefficient (Wildman–Crippen LogP) is 1.75. The number of hydrogen-bond acceptors (Lipinski definition) is 4. The van der Waals surface area contributed by atoms with Gasteiger partial charge in [0, 0.05) is 12.0 Å². The van der Waals surface area contributed by atoms with E-state index < -0.39 is 0 Å². The number of aromatic nitrogens is 2. The van der Waals surface area contributed by atoms with E-state index in [9.17, 15) is 0 Å². The van der Waals surface area contributed by atoms with Crippen LogP contribution in [0.4, 0.5) is 5.82 Å². The Balaban J connectivity index is 1.71. The van der Waals surface area contributed by atoms with Gasteiger partial charge in [0.05, 0.1) is 0 Å². The highest BCUT2D eigenvalue weighted by molar-refractivity contribution is 6.04. The molecule has 2 aromatic heterocycles. The van der Waals surface area contributed by atoms with E-state index in [1.165, 1.54) is 0 Å². The normalized spacial score (nSPS) is 19.1. The van der Waals surface area contributed by atoms with E-state index in [0.29, 0.717) is 6.10 Å². The van der Waals surface area contributed by atoms with Crippen LogP contribution in [0.1, 0.15) is 12.8 Å². The van der Waals surface area contributed by atoms with Gasteiger partial charge in [-0.15, -0.1) is 0 Å². The third-order valence-corrected chi connectivity index (χ3v) is 3.78. The molecule has 1 atom stereocenters. The fraction of sp³-hybridized carbons (Fsp3) is 0.333. The summed E-state index contributed by atoms with van der Waals surface area (Å²) in [5.74, 6) is 0.863. The van der Waals surface area contributed by atoms with Gasteiger partial charge >= 0.3 is 0 Å². The first-order chi connectivity index (χ1) is 9.92. The molecule has 1 unspecified atom stereocenters. The maximum absolute atomic E-state index is 5.90. The van der Waals surface area contributed by atoms with Crippen LogP contribution in [0, 0.1) is 0 Å². The predicted molar refractivity (Wildman–Crippen MR) is 74.7 cm³/mol. The first kappa shape index (κ1) is 11.8. The topological polar surface area (TPSA) is 64.8 Å². The van der Waals surface area contributed by atoms with Gasteiger partial charge in [-0.05, 0) is 25.0 Å². The highest BCUT2D eigenvalue weighted by Gasteiger charge is 2.20. The van der Waals surface area contributed by atoms with Crippen LogP contribution in [0.2, 0.25) is 0 Å². The molecule has 0 bridgehead atoms. The smallest absolute Gasteiger partial charge is 0.271 e. The average Bonchev–Trinajstić information content (AvgIpc) is 3.12. The largest absolute Gasteiger partial charge is 0.446 e. The molecule has 20 heavy (non-hydrogen) atoms. The molecule has 2 N–H and O–H groups in total. The lowest BCUT2D eigenvalue weighted by Gasteiger charge is -2.06. The van der Waals surface area contributed by atoms with Crippen LogP contribution in [0.25, 0.3) is 22.1 Å². The van der Waals surface area contributed by atoms with E-state index in [-0.39, 0.29) is 0 Å². The number of nitrogens with zero attached hydrogens (tertiary/aromatic N) is 2. The van der Waals surface area contributed by atoms with E-state index in [1.807, 2.05) is 24.3 Å². The maximum Gasteiger partial charge on any atom is 0.271 e. The first-order valence-electron chi connectivity index (χ1n) is 6.99. The van der Waals surface area contributed by atoms with Crippen molar-refractivity contribution in [2.75, 3.05) is 13.2 Å². The average molecular weight is 270 g/mol. The second-order valence-corrected chi connectivity index (χ2v) is 5.11. The molecule has 0 saturated carbocycles. The molecule has 5 heteroatoms. The number of rotatable bonds is 3. The van der Waals surface area contributed by atoms with Gasteiger partial charge in [-0.1, -0.05) is 12.1 Å². The first-order valence-corrected chi connectivity index (χ1v) is 6.99. The van der Waals surface area contributed by atoms with E-state index in [1.54, 1.807) is 6.33 Å². The van der Waals surface area contributed by atoms with Gasteiger partial charge in [0.1, 0.15) is 30.1 Å². The Morgan fingerprint density at radius 2 is 2.20 bits per heavy atom. The number of para-hydroxylation sites is 1. The van der Waals surface area contributed by atoms with Crippen LogP contribution in [0.5, 0.6) is 0 Å². The molecule has 1 aliphatic rings. The molecule has 1 aromatic carbocycles. The van der Waals surface area contributed by atoms with Crippen LogP contribution in [-0.4, -0.2) is 29.2 Å². The molecule has 5 nitrogen and oxygen atoms in total. The molecule has 102 valence electrons. The standard InChI is InChI=1S/C15H15N3O2/c1-2-6-12-11(5-1)13-14(20-12)15(18-9-17-13)16-8-10-4-3-7-19-10/h1-2,5-6,9-10H,3-4,7-8H2,(H,16,17,18)/p+1. The summed E-state index contributed by atoms with van der Waals surface area (Å²) >= 11 is 0. The van der Waals surface area contributed by atoms with E-state index in [0.717, 1.165) is 53.9 Å². The summed E-state index contributed by atoms with van der Waals surface area (Å²) in [7, 11) is 0. The summed E-state index contributed by atoms with van der Waals surface area (Å²) in [5.41, 5.74) is 2.51. The van der Waals surface area contributed by atoms with Crippen molar-refractivity contribution >= 4 is 27.9 Å². The number of benzene rings is 1. The van der Waals surface area contributed by atoms with Crippen molar-refractivity contribution in [3.05, 3.63) is 30.6 Å². The monoisotopic (exact) mass is 270 g/mol. The fourth-order valence-electron chi connectivity index (χ4n) is 2.76. The number of hydrogen-bond donors (Lipinski definition) is 1. The molecule has 0 radical (unpaired) electrons. The molecular weight excluding hydrogens is 254 g/mol. The Kier molecular flexibility index (Phi) is 2.86. The summed E-state index contributed by atoms with van der Waals surface area (Å²) in [5, 5.41) is 3.14. The number of ether oxygens (including phenoxy) is 1. The Morgan fingerprint density at radius 3 is 3.10 bits per heavy atom. The van der Waals surface area contributed by atoms with Gasteiger partial charge in [0.2, 0.25) is 5.58 Å². The van der Waals surface area contributed by atoms with Crippen LogP contribution in [0.15, 0.2) is 35.0 Å². The summed E-state index contributed by atoms with van der Waals surface area (Å²) in [6.07, 6.45) is 4.21. The van der Waals surface area contributed by atoms with Crippen LogP contribution < -0.4 is 5.32 Å². The minimum Gasteiger partial charge on any atom is -0.446 e. The van der Waals surface area contributed by atoms with E-state index in [2.05, 4.69) is 15.3 Å². The lowest BCUT2D eigenvalue weighted by molar-refractivity contribution is -0.581. The van der Waals surface area contributed by atoms with E-state index in [4.69, 9.17) is 9.15 Å². The molecule has 1 aliphatic heterocycles.